The van der Waals surface area contributed by atoms with Crippen molar-refractivity contribution in [3.05, 3.63) is 0 Å². The molecule has 0 amide bonds. The van der Waals surface area contributed by atoms with Crippen molar-refractivity contribution in [3.63, 3.8) is 0 Å². The van der Waals surface area contributed by atoms with Crippen LogP contribution in [0.3, 0.4) is 0 Å². The van der Waals surface area contributed by atoms with E-state index < -0.39 is 5.72 Å². The van der Waals surface area contributed by atoms with Gasteiger partial charge in [0.2, 0.25) is 0 Å². The number of rotatable bonds is 2. The maximum absolute atomic E-state index is 12.5. The van der Waals surface area contributed by atoms with E-state index in [1.807, 2.05) is 18.7 Å². The summed E-state index contributed by atoms with van der Waals surface area (Å²) in [6.07, 6.45) is 2.41. The highest BCUT2D eigenvalue weighted by Gasteiger charge is 2.69. The molecule has 3 heterocycles. The Hall–Kier alpha value is -0.590. The van der Waals surface area contributed by atoms with Gasteiger partial charge in [-0.05, 0) is 32.6 Å². The molecule has 21 heavy (non-hydrogen) atoms. The molecule has 1 aliphatic carbocycles. The Morgan fingerprint density at radius 1 is 1.52 bits per heavy atom. The number of carbonyl (C=O) groups excluding carboxylic acids is 2. The first-order valence-corrected chi connectivity index (χ1v) is 8.79. The van der Waals surface area contributed by atoms with Gasteiger partial charge >= 0.3 is 5.97 Å². The molecule has 0 aromatic heterocycles. The predicted octanol–water partition coefficient (Wildman–Crippen LogP) is 1.41. The molecule has 4 fully saturated rings. The fraction of sp³-hybridized carbons (Fsp3) is 0.867. The number of hydrogen-bond donors (Lipinski definition) is 0. The number of thioether (sulfide) groups is 1. The van der Waals surface area contributed by atoms with Crippen molar-refractivity contribution in [2.45, 2.75) is 55.5 Å². The largest absolute Gasteiger partial charge is 0.465 e. The quantitative estimate of drug-likeness (QED) is 0.719. The Balaban J connectivity index is 1.73. The lowest BCUT2D eigenvalue weighted by atomic mass is 9.93. The first kappa shape index (κ1) is 14.0. The van der Waals surface area contributed by atoms with E-state index >= 15 is 0 Å². The Labute approximate surface area is 128 Å². The van der Waals surface area contributed by atoms with Crippen LogP contribution in [-0.4, -0.2) is 52.3 Å². The van der Waals surface area contributed by atoms with E-state index in [-0.39, 0.29) is 29.2 Å². The van der Waals surface area contributed by atoms with Gasteiger partial charge in [-0.2, -0.15) is 0 Å². The Morgan fingerprint density at radius 3 is 3.10 bits per heavy atom. The number of nitrogens with zero attached hydrogens (tertiary/aromatic N) is 1. The van der Waals surface area contributed by atoms with Crippen molar-refractivity contribution < 1.29 is 19.1 Å². The fourth-order valence-electron chi connectivity index (χ4n) is 4.69. The van der Waals surface area contributed by atoms with Gasteiger partial charge in [-0.15, -0.1) is 11.8 Å². The van der Waals surface area contributed by atoms with E-state index in [1.54, 1.807) is 0 Å². The maximum atomic E-state index is 12.5. The van der Waals surface area contributed by atoms with Gasteiger partial charge in [-0.1, -0.05) is 0 Å². The lowest BCUT2D eigenvalue weighted by Gasteiger charge is -2.37. The summed E-state index contributed by atoms with van der Waals surface area (Å²) in [5.41, 5.74) is -0.419. The third-order valence-corrected chi connectivity index (χ3v) is 7.36. The van der Waals surface area contributed by atoms with E-state index in [4.69, 9.17) is 9.47 Å². The summed E-state index contributed by atoms with van der Waals surface area (Å²) in [6.45, 7) is 5.02. The third-order valence-electron chi connectivity index (χ3n) is 5.56. The predicted molar refractivity (Wildman–Crippen MR) is 77.6 cm³/mol. The van der Waals surface area contributed by atoms with Gasteiger partial charge in [0.1, 0.15) is 17.6 Å². The van der Waals surface area contributed by atoms with Crippen LogP contribution in [0.1, 0.15) is 33.1 Å². The molecule has 1 saturated carbocycles. The van der Waals surface area contributed by atoms with Crippen LogP contribution in [0.5, 0.6) is 0 Å². The van der Waals surface area contributed by atoms with Gasteiger partial charge in [-0.25, -0.2) is 4.90 Å². The lowest BCUT2D eigenvalue weighted by Crippen LogP contribution is -2.54. The maximum Gasteiger partial charge on any atom is 0.323 e. The van der Waals surface area contributed by atoms with Crippen molar-refractivity contribution in [1.29, 1.82) is 0 Å². The SMILES string of the molecule is CCOC(=O)[C@@H]1[C@H]2CCC(=O)[C@H]2[C@H]2S[C@H]3CCO[C@@]3(C)N21. The van der Waals surface area contributed by atoms with Gasteiger partial charge in [0.15, 0.2) is 0 Å². The summed E-state index contributed by atoms with van der Waals surface area (Å²) in [7, 11) is 0. The number of hydrogen-bond acceptors (Lipinski definition) is 6. The zero-order chi connectivity index (χ0) is 14.8. The number of esters is 1. The topological polar surface area (TPSA) is 55.8 Å². The molecule has 5 nitrogen and oxygen atoms in total. The van der Waals surface area contributed by atoms with Crippen LogP contribution in [0.15, 0.2) is 0 Å². The minimum Gasteiger partial charge on any atom is -0.465 e. The van der Waals surface area contributed by atoms with E-state index in [0.29, 0.717) is 24.1 Å². The highest BCUT2D eigenvalue weighted by atomic mass is 32.2. The lowest BCUT2D eigenvalue weighted by molar-refractivity contribution is -0.164. The molecule has 0 N–H and O–H groups in total. The summed E-state index contributed by atoms with van der Waals surface area (Å²) in [5, 5.41) is 0.448. The molecular formula is C15H21NO4S. The standard InChI is InChI=1S/C15H21NO4S/c1-3-19-14(18)12-8-4-5-9(17)11(8)13-16(12)15(2)10(21-13)6-7-20-15/h8,10-13H,3-7H2,1-2H3/t8-,10-,11-,12-,13+,15+/m0/s1. The molecule has 116 valence electrons. The molecule has 0 spiro atoms. The molecule has 0 aromatic carbocycles. The summed E-state index contributed by atoms with van der Waals surface area (Å²) >= 11 is 1.84. The molecule has 4 rings (SSSR count). The van der Waals surface area contributed by atoms with E-state index in [0.717, 1.165) is 19.4 Å². The first-order valence-electron chi connectivity index (χ1n) is 7.85. The number of ether oxygens (including phenoxy) is 2. The molecule has 0 radical (unpaired) electrons. The van der Waals surface area contributed by atoms with Crippen molar-refractivity contribution in [2.24, 2.45) is 11.8 Å². The molecular weight excluding hydrogens is 290 g/mol. The number of Topliss-reactive ketones (excluding diaryl/α,β-unsaturated/α-hetero) is 1. The van der Waals surface area contributed by atoms with Crippen LogP contribution in [0.25, 0.3) is 0 Å². The van der Waals surface area contributed by atoms with Gasteiger partial charge in [0.05, 0.1) is 23.8 Å². The molecule has 6 heteroatoms. The van der Waals surface area contributed by atoms with Crippen molar-refractivity contribution >= 4 is 23.5 Å². The minimum atomic E-state index is -0.419. The Morgan fingerprint density at radius 2 is 2.33 bits per heavy atom. The van der Waals surface area contributed by atoms with Gasteiger partial charge in [-0.3, -0.25) is 9.59 Å². The molecule has 0 aromatic rings. The monoisotopic (exact) mass is 311 g/mol. The van der Waals surface area contributed by atoms with Crippen LogP contribution in [0, 0.1) is 11.8 Å². The van der Waals surface area contributed by atoms with E-state index in [2.05, 4.69) is 11.8 Å². The van der Waals surface area contributed by atoms with Crippen molar-refractivity contribution in [1.82, 2.24) is 4.90 Å². The average Bonchev–Trinajstić information content (AvgIpc) is 3.11. The number of fused-ring (bicyclic) bond motifs is 5. The van der Waals surface area contributed by atoms with Crippen LogP contribution < -0.4 is 0 Å². The number of ketones is 1. The van der Waals surface area contributed by atoms with Crippen LogP contribution >= 0.6 is 11.8 Å². The van der Waals surface area contributed by atoms with Crippen LogP contribution in [0.4, 0.5) is 0 Å². The molecule has 3 saturated heterocycles. The normalized spacial score (nSPS) is 48.3. The molecule has 4 aliphatic rings. The summed E-state index contributed by atoms with van der Waals surface area (Å²) < 4.78 is 11.3. The molecule has 6 atom stereocenters. The highest BCUT2D eigenvalue weighted by Crippen LogP contribution is 2.60. The van der Waals surface area contributed by atoms with Gasteiger partial charge < -0.3 is 9.47 Å². The molecule has 0 bridgehead atoms. The fourth-order valence-corrected chi connectivity index (χ4v) is 6.69. The Kier molecular flexibility index (Phi) is 3.14. The van der Waals surface area contributed by atoms with Gasteiger partial charge in [0.25, 0.3) is 0 Å². The second-order valence-electron chi connectivity index (χ2n) is 6.51. The number of carbonyl (C=O) groups is 2. The third kappa shape index (κ3) is 1.72. The average molecular weight is 311 g/mol. The van der Waals surface area contributed by atoms with Crippen molar-refractivity contribution in [3.8, 4) is 0 Å². The van der Waals surface area contributed by atoms with Gasteiger partial charge in [0, 0.05) is 12.3 Å². The zero-order valence-electron chi connectivity index (χ0n) is 12.4. The highest BCUT2D eigenvalue weighted by molar-refractivity contribution is 8.00. The first-order chi connectivity index (χ1) is 10.1. The van der Waals surface area contributed by atoms with E-state index in [1.165, 1.54) is 0 Å². The van der Waals surface area contributed by atoms with Crippen molar-refractivity contribution in [2.75, 3.05) is 13.2 Å². The smallest absolute Gasteiger partial charge is 0.323 e. The second-order valence-corrected chi connectivity index (χ2v) is 7.83. The summed E-state index contributed by atoms with van der Waals surface area (Å²) in [5.74, 6) is 0.229. The molecule has 3 aliphatic heterocycles. The summed E-state index contributed by atoms with van der Waals surface area (Å²) in [4.78, 5) is 27.0. The zero-order valence-corrected chi connectivity index (χ0v) is 13.2. The minimum absolute atomic E-state index is 0.0181. The summed E-state index contributed by atoms with van der Waals surface area (Å²) in [6, 6.07) is -0.313. The van der Waals surface area contributed by atoms with Crippen LogP contribution in [-0.2, 0) is 19.1 Å². The second kappa shape index (κ2) is 4.70. The van der Waals surface area contributed by atoms with Crippen LogP contribution in [0.2, 0.25) is 0 Å². The Bertz CT molecular complexity index is 498. The molecule has 0 unspecified atom stereocenters. The van der Waals surface area contributed by atoms with E-state index in [9.17, 15) is 9.59 Å².